The number of benzene rings is 3. The Balaban J connectivity index is 1.44. The van der Waals surface area contributed by atoms with Crippen LogP contribution in [-0.4, -0.2) is 28.6 Å². The Kier molecular flexibility index (Phi) is 7.44. The Bertz CT molecular complexity index is 1490. The van der Waals surface area contributed by atoms with Gasteiger partial charge in [-0.25, -0.2) is 0 Å². The third kappa shape index (κ3) is 5.96. The molecule has 0 bridgehead atoms. The maximum atomic E-state index is 13.2. The lowest BCUT2D eigenvalue weighted by molar-refractivity contribution is -0.117. The minimum atomic E-state index is -0.641. The monoisotopic (exact) mass is 572 g/mol. The maximum Gasteiger partial charge on any atom is 0.249 e. The van der Waals surface area contributed by atoms with Gasteiger partial charge in [-0.3, -0.25) is 19.6 Å². The van der Waals surface area contributed by atoms with Gasteiger partial charge in [-0.15, -0.1) is 0 Å². The summed E-state index contributed by atoms with van der Waals surface area (Å²) in [6, 6.07) is 25.4. The number of pyridine rings is 1. The van der Waals surface area contributed by atoms with E-state index in [1.807, 2.05) is 72.8 Å². The van der Waals surface area contributed by atoms with Crippen LogP contribution in [0, 0.1) is 0 Å². The van der Waals surface area contributed by atoms with Gasteiger partial charge in [0.15, 0.2) is 0 Å². The van der Waals surface area contributed by atoms with Crippen LogP contribution in [0.2, 0.25) is 5.02 Å². The van der Waals surface area contributed by atoms with E-state index >= 15 is 0 Å². The molecule has 1 unspecified atom stereocenters. The second-order valence-corrected chi connectivity index (χ2v) is 9.88. The summed E-state index contributed by atoms with van der Waals surface area (Å²) in [5.74, 6) is -0.353. The van der Waals surface area contributed by atoms with Gasteiger partial charge in [0.05, 0.1) is 17.8 Å². The number of aliphatic imine (C=N–C) groups is 1. The zero-order valence-electron chi connectivity index (χ0n) is 19.6. The number of anilines is 2. The highest BCUT2D eigenvalue weighted by molar-refractivity contribution is 9.10. The number of nitrogens with zero attached hydrogens (tertiary/aromatic N) is 2. The van der Waals surface area contributed by atoms with E-state index in [1.165, 1.54) is 0 Å². The van der Waals surface area contributed by atoms with Crippen LogP contribution in [0.3, 0.4) is 0 Å². The van der Waals surface area contributed by atoms with Crippen LogP contribution in [0.25, 0.3) is 0 Å². The summed E-state index contributed by atoms with van der Waals surface area (Å²) in [7, 11) is 0. The third-order valence-electron chi connectivity index (χ3n) is 5.96. The number of benzodiazepines with no additional fused rings is 1. The van der Waals surface area contributed by atoms with Gasteiger partial charge < -0.3 is 10.6 Å². The molecule has 0 fully saturated rings. The van der Waals surface area contributed by atoms with Crippen molar-refractivity contribution >= 4 is 56.4 Å². The van der Waals surface area contributed by atoms with Gasteiger partial charge in [-0.1, -0.05) is 63.9 Å². The molecule has 6 nitrogen and oxygen atoms in total. The molecule has 0 saturated carbocycles. The highest BCUT2D eigenvalue weighted by Crippen LogP contribution is 2.29. The van der Waals surface area contributed by atoms with Crippen molar-refractivity contribution < 1.29 is 9.59 Å². The van der Waals surface area contributed by atoms with E-state index in [2.05, 4.69) is 31.5 Å². The van der Waals surface area contributed by atoms with Crippen LogP contribution in [-0.2, 0) is 22.4 Å². The van der Waals surface area contributed by atoms with E-state index in [-0.39, 0.29) is 18.2 Å². The van der Waals surface area contributed by atoms with Crippen molar-refractivity contribution in [3.63, 3.8) is 0 Å². The van der Waals surface area contributed by atoms with Crippen LogP contribution in [0.15, 0.2) is 101 Å². The number of carbonyl (C=O) groups excluding carboxylic acids is 2. The highest BCUT2D eigenvalue weighted by Gasteiger charge is 2.27. The van der Waals surface area contributed by atoms with E-state index in [4.69, 9.17) is 16.6 Å². The number of nitrogens with one attached hydrogen (secondary N) is 2. The van der Waals surface area contributed by atoms with Gasteiger partial charge in [0.2, 0.25) is 11.8 Å². The smallest absolute Gasteiger partial charge is 0.249 e. The van der Waals surface area contributed by atoms with Gasteiger partial charge in [0, 0.05) is 44.6 Å². The average Bonchev–Trinajstić information content (AvgIpc) is 3.02. The molecule has 1 atom stereocenters. The summed E-state index contributed by atoms with van der Waals surface area (Å²) >= 11 is 9.82. The van der Waals surface area contributed by atoms with Gasteiger partial charge >= 0.3 is 0 Å². The lowest BCUT2D eigenvalue weighted by Crippen LogP contribution is -2.27. The molecule has 4 aromatic rings. The molecule has 5 rings (SSSR count). The van der Waals surface area contributed by atoms with Crippen LogP contribution in [0.5, 0.6) is 0 Å². The molecule has 0 radical (unpaired) electrons. The number of aromatic nitrogens is 1. The Labute approximate surface area is 227 Å². The van der Waals surface area contributed by atoms with Crippen LogP contribution in [0.1, 0.15) is 22.4 Å². The molecule has 2 amide bonds. The zero-order chi connectivity index (χ0) is 25.8. The summed E-state index contributed by atoms with van der Waals surface area (Å²) in [5, 5.41) is 6.43. The first-order valence-electron chi connectivity index (χ1n) is 11.7. The Morgan fingerprint density at radius 1 is 1.00 bits per heavy atom. The number of amides is 2. The number of carbonyl (C=O) groups is 2. The molecule has 2 heterocycles. The van der Waals surface area contributed by atoms with Crippen molar-refractivity contribution in [3.05, 3.63) is 123 Å². The fourth-order valence-electron chi connectivity index (χ4n) is 4.15. The van der Waals surface area contributed by atoms with E-state index in [0.29, 0.717) is 34.2 Å². The van der Waals surface area contributed by atoms with E-state index in [1.54, 1.807) is 18.3 Å². The lowest BCUT2D eigenvalue weighted by Gasteiger charge is -2.13. The Hall–Kier alpha value is -3.81. The Morgan fingerprint density at radius 3 is 2.54 bits per heavy atom. The molecule has 184 valence electrons. The van der Waals surface area contributed by atoms with Crippen molar-refractivity contribution in [1.82, 2.24) is 4.98 Å². The summed E-state index contributed by atoms with van der Waals surface area (Å²) in [6.45, 7) is 0. The van der Waals surface area contributed by atoms with Crippen molar-refractivity contribution in [2.45, 2.75) is 18.9 Å². The van der Waals surface area contributed by atoms with E-state index in [0.717, 1.165) is 21.2 Å². The van der Waals surface area contributed by atoms with Gasteiger partial charge in [0.25, 0.3) is 0 Å². The standard InChI is InChI=1S/C29H22BrClN4O2/c30-24-7-2-1-5-19(24)15-26-29(37)35-25-16-20(31)10-13-23(25)28(34-26)18-8-11-21(12-9-18)33-27(36)17-22-6-3-4-14-32-22/h1-14,16,26H,15,17H2,(H,33,36)(H,35,37). The largest absolute Gasteiger partial charge is 0.326 e. The van der Waals surface area contributed by atoms with Crippen LogP contribution >= 0.6 is 27.5 Å². The topological polar surface area (TPSA) is 83.5 Å². The zero-order valence-corrected chi connectivity index (χ0v) is 22.0. The first kappa shape index (κ1) is 24.9. The third-order valence-corrected chi connectivity index (χ3v) is 6.97. The number of hydrogen-bond donors (Lipinski definition) is 2. The predicted octanol–water partition coefficient (Wildman–Crippen LogP) is 6.08. The molecule has 1 aliphatic rings. The molecule has 2 N–H and O–H groups in total. The molecule has 1 aliphatic heterocycles. The Morgan fingerprint density at radius 2 is 1.78 bits per heavy atom. The second-order valence-electron chi connectivity index (χ2n) is 8.59. The summed E-state index contributed by atoms with van der Waals surface area (Å²) < 4.78 is 0.926. The highest BCUT2D eigenvalue weighted by atomic mass is 79.9. The molecule has 8 heteroatoms. The van der Waals surface area contributed by atoms with Gasteiger partial charge in [0.1, 0.15) is 6.04 Å². The maximum absolute atomic E-state index is 13.2. The number of fused-ring (bicyclic) bond motifs is 1. The SMILES string of the molecule is O=C(Cc1ccccn1)Nc1ccc(C2=NC(Cc3ccccc3Br)C(=O)Nc3cc(Cl)ccc32)cc1. The fourth-order valence-corrected chi connectivity index (χ4v) is 4.77. The first-order valence-corrected chi connectivity index (χ1v) is 12.9. The quantitative estimate of drug-likeness (QED) is 0.293. The molecular formula is C29H22BrClN4O2. The first-order chi connectivity index (χ1) is 18.0. The summed E-state index contributed by atoms with van der Waals surface area (Å²) in [5.41, 5.74) is 5.23. The molecule has 0 spiro atoms. The van der Waals surface area contributed by atoms with Crippen molar-refractivity contribution in [3.8, 4) is 0 Å². The number of halogens is 2. The van der Waals surface area contributed by atoms with Crippen LogP contribution < -0.4 is 10.6 Å². The van der Waals surface area contributed by atoms with E-state index < -0.39 is 6.04 Å². The van der Waals surface area contributed by atoms with Crippen molar-refractivity contribution in [2.75, 3.05) is 10.6 Å². The normalized spacial score (nSPS) is 14.7. The van der Waals surface area contributed by atoms with Crippen LogP contribution in [0.4, 0.5) is 11.4 Å². The second kappa shape index (κ2) is 11.1. The molecule has 0 aliphatic carbocycles. The number of hydrogen-bond acceptors (Lipinski definition) is 4. The molecule has 37 heavy (non-hydrogen) atoms. The summed E-state index contributed by atoms with van der Waals surface area (Å²) in [6.07, 6.45) is 2.29. The fraction of sp³-hybridized carbons (Fsp3) is 0.103. The summed E-state index contributed by atoms with van der Waals surface area (Å²) in [4.78, 5) is 34.8. The van der Waals surface area contributed by atoms with E-state index in [9.17, 15) is 9.59 Å². The number of rotatable bonds is 6. The minimum absolute atomic E-state index is 0.151. The van der Waals surface area contributed by atoms with Crippen molar-refractivity contribution in [1.29, 1.82) is 0 Å². The lowest BCUT2D eigenvalue weighted by atomic mass is 10.00. The predicted molar refractivity (Wildman–Crippen MR) is 150 cm³/mol. The van der Waals surface area contributed by atoms with Crippen molar-refractivity contribution in [2.24, 2.45) is 4.99 Å². The average molecular weight is 574 g/mol. The molecular weight excluding hydrogens is 552 g/mol. The molecule has 0 saturated heterocycles. The van der Waals surface area contributed by atoms with Gasteiger partial charge in [-0.05, 0) is 54.1 Å². The molecule has 3 aromatic carbocycles. The molecule has 1 aromatic heterocycles. The minimum Gasteiger partial charge on any atom is -0.326 e. The van der Waals surface area contributed by atoms with Gasteiger partial charge in [-0.2, -0.15) is 0 Å².